The molecule has 3 aromatic rings. The summed E-state index contributed by atoms with van der Waals surface area (Å²) in [4.78, 5) is 60.7. The van der Waals surface area contributed by atoms with E-state index >= 15 is 0 Å². The quantitative estimate of drug-likeness (QED) is 0.394. The number of hydrogen-bond acceptors (Lipinski definition) is 8. The summed E-state index contributed by atoms with van der Waals surface area (Å²) in [5.74, 6) is -0.693. The average Bonchev–Trinajstić information content (AvgIpc) is 3.76. The summed E-state index contributed by atoms with van der Waals surface area (Å²) in [6, 6.07) is 13.3. The topological polar surface area (TPSA) is 109 Å². The lowest BCUT2D eigenvalue weighted by molar-refractivity contribution is -0.137. The maximum absolute atomic E-state index is 14.1. The fourth-order valence-electron chi connectivity index (χ4n) is 8.25. The average molecular weight is 697 g/mol. The summed E-state index contributed by atoms with van der Waals surface area (Å²) in [5, 5.41) is 0.887. The number of carbonyl (C=O) groups excluding carboxylic acids is 3. The molecule has 7 atom stereocenters. The minimum atomic E-state index is -0.394. The van der Waals surface area contributed by atoms with E-state index in [2.05, 4.69) is 20.9 Å². The molecule has 1 aromatic heterocycles. The van der Waals surface area contributed by atoms with Gasteiger partial charge in [0.25, 0.3) is 5.91 Å². The zero-order chi connectivity index (χ0) is 30.3. The van der Waals surface area contributed by atoms with Crippen molar-refractivity contribution in [3.8, 4) is 5.75 Å². The molecule has 44 heavy (non-hydrogen) atoms. The van der Waals surface area contributed by atoms with E-state index in [1.165, 1.54) is 16.2 Å². The Hall–Kier alpha value is -2.93. The normalized spacial score (nSPS) is 30.4. The number of thiazole rings is 1. The molecule has 2 saturated carbocycles. The van der Waals surface area contributed by atoms with Gasteiger partial charge in [-0.05, 0) is 61.4 Å². The van der Waals surface area contributed by atoms with Crippen LogP contribution in [0.2, 0.25) is 0 Å². The fraction of sp³-hybridized carbons (Fsp3) is 0.438. The highest BCUT2D eigenvalue weighted by Gasteiger charge is 2.69. The van der Waals surface area contributed by atoms with Crippen LogP contribution in [0.1, 0.15) is 28.3 Å². The van der Waals surface area contributed by atoms with Crippen molar-refractivity contribution in [2.75, 3.05) is 37.8 Å². The molecule has 12 heteroatoms. The first kappa shape index (κ1) is 28.5. The highest BCUT2D eigenvalue weighted by Crippen LogP contribution is 2.69. The van der Waals surface area contributed by atoms with Gasteiger partial charge in [0.1, 0.15) is 5.75 Å². The number of morpholine rings is 1. The van der Waals surface area contributed by atoms with Gasteiger partial charge in [-0.25, -0.2) is 0 Å². The molecule has 0 spiro atoms. The van der Waals surface area contributed by atoms with Crippen LogP contribution in [0.3, 0.4) is 0 Å². The molecule has 2 bridgehead atoms. The zero-order valence-electron chi connectivity index (χ0n) is 23.9. The standard InChI is InChI=1S/C32H30BrN3O6S2/c1-15-2-5-17(6-3-15)36-30(38)25-19-13-20(26(25)31(36)39)27-24(19)23(28-29(43-27)34-32(40)44-28)18-12-16(33)4-7-21(18)42-14-22(37)35-8-10-41-11-9-35/h2-7,12,19-20,23-27H,8-11,13-14H2,1H3,(H,34,40)/t19-,20-,23+,24-,25+,26+,27-/m1/s1. The first-order chi connectivity index (χ1) is 21.3. The van der Waals surface area contributed by atoms with Crippen molar-refractivity contribution < 1.29 is 23.9 Å². The Morgan fingerprint density at radius 1 is 1.05 bits per heavy atom. The number of rotatable bonds is 5. The van der Waals surface area contributed by atoms with E-state index in [0.717, 1.165) is 31.9 Å². The summed E-state index contributed by atoms with van der Waals surface area (Å²) in [6.07, 6.45) is 0.798. The minimum Gasteiger partial charge on any atom is -0.483 e. The number of nitrogens with zero attached hydrogens (tertiary/aromatic N) is 2. The number of anilines is 1. The summed E-state index contributed by atoms with van der Waals surface area (Å²) >= 11 is 6.50. The third-order valence-corrected chi connectivity index (χ3v) is 13.1. The Morgan fingerprint density at radius 3 is 2.52 bits per heavy atom. The van der Waals surface area contributed by atoms with E-state index in [1.807, 2.05) is 49.4 Å². The summed E-state index contributed by atoms with van der Waals surface area (Å²) in [7, 11) is 0. The summed E-state index contributed by atoms with van der Waals surface area (Å²) in [6.45, 7) is 3.99. The summed E-state index contributed by atoms with van der Waals surface area (Å²) < 4.78 is 12.5. The van der Waals surface area contributed by atoms with Crippen molar-refractivity contribution in [3.63, 3.8) is 0 Å². The van der Waals surface area contributed by atoms with E-state index < -0.39 is 5.92 Å². The van der Waals surface area contributed by atoms with Crippen LogP contribution in [0.5, 0.6) is 5.75 Å². The monoisotopic (exact) mass is 695 g/mol. The van der Waals surface area contributed by atoms with Crippen molar-refractivity contribution in [3.05, 3.63) is 72.6 Å². The first-order valence-electron chi connectivity index (χ1n) is 14.9. The molecule has 5 aliphatic rings. The Labute approximate surface area is 270 Å². The highest BCUT2D eigenvalue weighted by molar-refractivity contribution is 9.10. The maximum Gasteiger partial charge on any atom is 0.305 e. The van der Waals surface area contributed by atoms with Gasteiger partial charge >= 0.3 is 4.87 Å². The van der Waals surface area contributed by atoms with Crippen molar-refractivity contribution in [2.45, 2.75) is 29.5 Å². The van der Waals surface area contributed by atoms with Gasteiger partial charge in [-0.3, -0.25) is 24.1 Å². The lowest BCUT2D eigenvalue weighted by atomic mass is 9.68. The van der Waals surface area contributed by atoms with E-state index in [1.54, 1.807) is 16.7 Å². The van der Waals surface area contributed by atoms with Crippen LogP contribution in [0, 0.1) is 36.5 Å². The molecular formula is C32H30BrN3O6S2. The molecule has 4 heterocycles. The van der Waals surface area contributed by atoms with Crippen LogP contribution >= 0.6 is 39.0 Å². The second kappa shape index (κ2) is 10.9. The van der Waals surface area contributed by atoms with E-state index in [-0.39, 0.29) is 64.0 Å². The van der Waals surface area contributed by atoms with Crippen molar-refractivity contribution in [1.29, 1.82) is 0 Å². The van der Waals surface area contributed by atoms with Gasteiger partial charge < -0.3 is 19.4 Å². The molecule has 1 N–H and O–H groups in total. The van der Waals surface area contributed by atoms with E-state index in [9.17, 15) is 19.2 Å². The molecular weight excluding hydrogens is 666 g/mol. The number of halogens is 1. The predicted octanol–water partition coefficient (Wildman–Crippen LogP) is 4.42. The third-order valence-electron chi connectivity index (χ3n) is 10.0. The van der Waals surface area contributed by atoms with Gasteiger partial charge in [-0.2, -0.15) is 0 Å². The number of H-pyrrole nitrogens is 1. The van der Waals surface area contributed by atoms with Crippen LogP contribution < -0.4 is 14.5 Å². The molecule has 9 nitrogen and oxygen atoms in total. The van der Waals surface area contributed by atoms with Crippen LogP contribution in [0.25, 0.3) is 0 Å². The fourth-order valence-corrected chi connectivity index (χ4v) is 11.5. The van der Waals surface area contributed by atoms with Gasteiger partial charge in [-0.1, -0.05) is 45.0 Å². The number of nitrogens with one attached hydrogen (secondary N) is 1. The number of amides is 3. The van der Waals surface area contributed by atoms with E-state index in [0.29, 0.717) is 37.7 Å². The van der Waals surface area contributed by atoms with Gasteiger partial charge in [0.15, 0.2) is 6.61 Å². The Morgan fingerprint density at radius 2 is 1.77 bits per heavy atom. The second-order valence-corrected chi connectivity index (χ2v) is 15.4. The van der Waals surface area contributed by atoms with Crippen molar-refractivity contribution >= 4 is 62.4 Å². The number of aryl methyl sites for hydroxylation is 1. The molecule has 3 aliphatic heterocycles. The van der Waals surface area contributed by atoms with Gasteiger partial charge in [-0.15, -0.1) is 11.8 Å². The third kappa shape index (κ3) is 4.43. The maximum atomic E-state index is 14.1. The Bertz CT molecular complexity index is 1730. The number of aromatic nitrogens is 1. The SMILES string of the molecule is Cc1ccc(N2C(=O)[C@H]3[C@H]4C[C@@H]([C@@H]3C2=O)[C@@H]2[C@H](c3cc(Br)ccc3OCC(=O)N3CCOCC3)c3sc(=O)[nH]c3S[C@H]42)cc1. The van der Waals surface area contributed by atoms with Crippen molar-refractivity contribution in [2.24, 2.45) is 29.6 Å². The van der Waals surface area contributed by atoms with Gasteiger partial charge in [0.05, 0.1) is 35.8 Å². The number of thioether (sulfide) groups is 1. The van der Waals surface area contributed by atoms with Crippen LogP contribution in [0.15, 0.2) is 56.8 Å². The number of ether oxygens (including phenoxy) is 2. The highest BCUT2D eigenvalue weighted by atomic mass is 79.9. The molecule has 8 rings (SSSR count). The number of benzene rings is 2. The zero-order valence-corrected chi connectivity index (χ0v) is 27.1. The number of hydrogen-bond donors (Lipinski definition) is 1. The number of fused-ring (bicyclic) bond motifs is 9. The molecule has 4 fully saturated rings. The predicted molar refractivity (Wildman–Crippen MR) is 169 cm³/mol. The largest absolute Gasteiger partial charge is 0.483 e. The number of aromatic amines is 1. The van der Waals surface area contributed by atoms with Crippen LogP contribution in [0.4, 0.5) is 5.69 Å². The lowest BCUT2D eigenvalue weighted by Gasteiger charge is -2.43. The summed E-state index contributed by atoms with van der Waals surface area (Å²) in [5.41, 5.74) is 2.58. The molecule has 2 saturated heterocycles. The van der Waals surface area contributed by atoms with Crippen LogP contribution in [-0.2, 0) is 19.1 Å². The van der Waals surface area contributed by atoms with E-state index in [4.69, 9.17) is 9.47 Å². The van der Waals surface area contributed by atoms with Crippen LogP contribution in [-0.4, -0.2) is 65.8 Å². The molecule has 0 radical (unpaired) electrons. The Kier molecular flexibility index (Phi) is 7.04. The minimum absolute atomic E-state index is 0.0189. The van der Waals surface area contributed by atoms with Gasteiger partial charge in [0, 0.05) is 39.2 Å². The second-order valence-electron chi connectivity index (χ2n) is 12.3. The number of imide groups is 1. The lowest BCUT2D eigenvalue weighted by Crippen LogP contribution is -2.43. The number of carbonyl (C=O) groups is 3. The molecule has 3 amide bonds. The first-order valence-corrected chi connectivity index (χ1v) is 17.4. The molecule has 228 valence electrons. The smallest absolute Gasteiger partial charge is 0.305 e. The van der Waals surface area contributed by atoms with Crippen molar-refractivity contribution in [1.82, 2.24) is 9.88 Å². The molecule has 2 aliphatic carbocycles. The molecule has 0 unspecified atom stereocenters. The Balaban J connectivity index is 1.16. The van der Waals surface area contributed by atoms with Gasteiger partial charge in [0.2, 0.25) is 11.8 Å². The molecule has 2 aromatic carbocycles.